The van der Waals surface area contributed by atoms with Crippen LogP contribution < -0.4 is 4.74 Å². The molecule has 0 N–H and O–H groups in total. The summed E-state index contributed by atoms with van der Waals surface area (Å²) < 4.78 is 5.91. The van der Waals surface area contributed by atoms with Crippen molar-refractivity contribution in [1.29, 1.82) is 0 Å². The number of rotatable bonds is 5. The number of ether oxygens (including phenoxy) is 1. The van der Waals surface area contributed by atoms with E-state index < -0.39 is 0 Å². The van der Waals surface area contributed by atoms with Gasteiger partial charge >= 0.3 is 0 Å². The molecule has 88 valence electrons. The normalized spacial score (nSPS) is 20.2. The highest BCUT2D eigenvalue weighted by molar-refractivity contribution is 9.09. The Kier molecular flexibility index (Phi) is 4.28. The van der Waals surface area contributed by atoms with Gasteiger partial charge in [-0.3, -0.25) is 0 Å². The first-order valence-corrected chi connectivity index (χ1v) is 7.09. The quantitative estimate of drug-likeness (QED) is 0.731. The summed E-state index contributed by atoms with van der Waals surface area (Å²) >= 11 is 3.72. The molecule has 0 aliphatic carbocycles. The van der Waals surface area contributed by atoms with E-state index in [4.69, 9.17) is 4.74 Å². The third-order valence-corrected chi connectivity index (χ3v) is 4.03. The number of halogens is 1. The Morgan fingerprint density at radius 2 is 2.19 bits per heavy atom. The van der Waals surface area contributed by atoms with Crippen molar-refractivity contribution in [3.05, 3.63) is 29.8 Å². The standard InChI is InChI=1S/C14H19BrO/c1-2-5-12(15)8-9-13-10-11-6-3-4-7-14(11)16-13/h3-4,6-7,12-13H,2,5,8-10H2,1H3. The monoisotopic (exact) mass is 282 g/mol. The molecule has 1 aliphatic heterocycles. The molecule has 1 aliphatic rings. The van der Waals surface area contributed by atoms with Crippen molar-refractivity contribution in [3.8, 4) is 5.75 Å². The van der Waals surface area contributed by atoms with Crippen LogP contribution in [0.2, 0.25) is 0 Å². The van der Waals surface area contributed by atoms with Crippen LogP contribution in [0.25, 0.3) is 0 Å². The van der Waals surface area contributed by atoms with E-state index >= 15 is 0 Å². The Hall–Kier alpha value is -0.500. The van der Waals surface area contributed by atoms with E-state index in [-0.39, 0.29) is 0 Å². The highest BCUT2D eigenvalue weighted by Gasteiger charge is 2.22. The molecule has 2 heteroatoms. The smallest absolute Gasteiger partial charge is 0.123 e. The molecule has 2 unspecified atom stereocenters. The van der Waals surface area contributed by atoms with E-state index in [2.05, 4.69) is 41.1 Å². The first kappa shape index (κ1) is 12.0. The van der Waals surface area contributed by atoms with Gasteiger partial charge in [-0.2, -0.15) is 0 Å². The van der Waals surface area contributed by atoms with Gasteiger partial charge < -0.3 is 4.74 Å². The van der Waals surface area contributed by atoms with Crippen molar-refractivity contribution < 1.29 is 4.74 Å². The number of fused-ring (bicyclic) bond motifs is 1. The Bertz CT molecular complexity index is 312. The van der Waals surface area contributed by atoms with Gasteiger partial charge in [0.05, 0.1) is 0 Å². The van der Waals surface area contributed by atoms with Crippen molar-refractivity contribution in [2.45, 2.75) is 50.0 Å². The third-order valence-electron chi connectivity index (χ3n) is 3.12. The second kappa shape index (κ2) is 5.72. The first-order valence-electron chi connectivity index (χ1n) is 6.18. The number of alkyl halides is 1. The third kappa shape index (κ3) is 3.00. The minimum Gasteiger partial charge on any atom is -0.490 e. The summed E-state index contributed by atoms with van der Waals surface area (Å²) in [7, 11) is 0. The van der Waals surface area contributed by atoms with Gasteiger partial charge in [0.25, 0.3) is 0 Å². The second-order valence-corrected chi connectivity index (χ2v) is 5.81. The van der Waals surface area contributed by atoms with E-state index in [0.29, 0.717) is 10.9 Å². The number of para-hydroxylation sites is 1. The van der Waals surface area contributed by atoms with Crippen LogP contribution in [0.3, 0.4) is 0 Å². The van der Waals surface area contributed by atoms with Crippen LogP contribution in [0.15, 0.2) is 24.3 Å². The molecule has 0 spiro atoms. The summed E-state index contributed by atoms with van der Waals surface area (Å²) in [6.45, 7) is 2.23. The molecule has 2 rings (SSSR count). The second-order valence-electron chi connectivity index (χ2n) is 4.52. The number of hydrogen-bond acceptors (Lipinski definition) is 1. The Morgan fingerprint density at radius 1 is 1.38 bits per heavy atom. The van der Waals surface area contributed by atoms with Gasteiger partial charge in [0, 0.05) is 11.2 Å². The molecule has 0 saturated carbocycles. The molecular weight excluding hydrogens is 264 g/mol. The molecular formula is C14H19BrO. The molecule has 2 atom stereocenters. The summed E-state index contributed by atoms with van der Waals surface area (Å²) in [6.07, 6.45) is 6.37. The largest absolute Gasteiger partial charge is 0.490 e. The van der Waals surface area contributed by atoms with E-state index in [0.717, 1.165) is 18.6 Å². The molecule has 1 heterocycles. The van der Waals surface area contributed by atoms with Gasteiger partial charge in [-0.05, 0) is 30.9 Å². The SMILES string of the molecule is CCCC(Br)CCC1Cc2ccccc2O1. The zero-order valence-corrected chi connectivity index (χ0v) is 11.4. The molecule has 0 radical (unpaired) electrons. The minimum absolute atomic E-state index is 0.398. The van der Waals surface area contributed by atoms with Crippen LogP contribution in [0, 0.1) is 0 Å². The fraction of sp³-hybridized carbons (Fsp3) is 0.571. The van der Waals surface area contributed by atoms with Crippen molar-refractivity contribution in [2.75, 3.05) is 0 Å². The Balaban J connectivity index is 1.79. The van der Waals surface area contributed by atoms with Gasteiger partial charge in [0.15, 0.2) is 0 Å². The maximum atomic E-state index is 5.91. The Labute approximate surface area is 106 Å². The maximum absolute atomic E-state index is 5.91. The molecule has 0 aromatic heterocycles. The maximum Gasteiger partial charge on any atom is 0.123 e. The van der Waals surface area contributed by atoms with E-state index in [1.807, 2.05) is 6.07 Å². The zero-order chi connectivity index (χ0) is 11.4. The minimum atomic E-state index is 0.398. The molecule has 0 saturated heterocycles. The molecule has 0 bridgehead atoms. The molecule has 1 aromatic carbocycles. The van der Waals surface area contributed by atoms with Crippen molar-refractivity contribution in [2.24, 2.45) is 0 Å². The summed E-state index contributed by atoms with van der Waals surface area (Å²) in [5, 5.41) is 0. The topological polar surface area (TPSA) is 9.23 Å². The zero-order valence-electron chi connectivity index (χ0n) is 9.79. The van der Waals surface area contributed by atoms with Gasteiger partial charge in [-0.15, -0.1) is 0 Å². The van der Waals surface area contributed by atoms with Crippen molar-refractivity contribution in [3.63, 3.8) is 0 Å². The van der Waals surface area contributed by atoms with Crippen LogP contribution in [0.4, 0.5) is 0 Å². The molecule has 0 amide bonds. The number of benzene rings is 1. The van der Waals surface area contributed by atoms with Crippen LogP contribution in [0.5, 0.6) is 5.75 Å². The summed E-state index contributed by atoms with van der Waals surface area (Å²) in [5.74, 6) is 1.09. The lowest BCUT2D eigenvalue weighted by Crippen LogP contribution is -2.14. The van der Waals surface area contributed by atoms with E-state index in [1.165, 1.54) is 24.8 Å². The molecule has 0 fully saturated rings. The Morgan fingerprint density at radius 3 is 2.94 bits per heavy atom. The summed E-state index contributed by atoms with van der Waals surface area (Å²) in [4.78, 5) is 0.657. The van der Waals surface area contributed by atoms with E-state index in [9.17, 15) is 0 Å². The van der Waals surface area contributed by atoms with Crippen LogP contribution in [-0.2, 0) is 6.42 Å². The van der Waals surface area contributed by atoms with Gasteiger partial charge in [0.1, 0.15) is 11.9 Å². The van der Waals surface area contributed by atoms with Crippen molar-refractivity contribution in [1.82, 2.24) is 0 Å². The lowest BCUT2D eigenvalue weighted by atomic mass is 10.0. The van der Waals surface area contributed by atoms with Crippen molar-refractivity contribution >= 4 is 15.9 Å². The van der Waals surface area contributed by atoms with Gasteiger partial charge in [0.2, 0.25) is 0 Å². The highest BCUT2D eigenvalue weighted by atomic mass is 79.9. The van der Waals surface area contributed by atoms with Crippen LogP contribution in [-0.4, -0.2) is 10.9 Å². The molecule has 16 heavy (non-hydrogen) atoms. The first-order chi connectivity index (χ1) is 7.79. The predicted molar refractivity (Wildman–Crippen MR) is 71.4 cm³/mol. The lowest BCUT2D eigenvalue weighted by molar-refractivity contribution is 0.217. The van der Waals surface area contributed by atoms with Gasteiger partial charge in [-0.25, -0.2) is 0 Å². The fourth-order valence-corrected chi connectivity index (χ4v) is 2.96. The lowest BCUT2D eigenvalue weighted by Gasteiger charge is -2.13. The number of hydrogen-bond donors (Lipinski definition) is 0. The predicted octanol–water partition coefficient (Wildman–Crippen LogP) is 4.33. The fourth-order valence-electron chi connectivity index (χ4n) is 2.24. The molecule has 1 aromatic rings. The summed E-state index contributed by atoms with van der Waals surface area (Å²) in [5.41, 5.74) is 1.37. The average molecular weight is 283 g/mol. The highest BCUT2D eigenvalue weighted by Crippen LogP contribution is 2.30. The van der Waals surface area contributed by atoms with Crippen LogP contribution in [0.1, 0.15) is 38.2 Å². The average Bonchev–Trinajstić information content (AvgIpc) is 2.69. The van der Waals surface area contributed by atoms with Gasteiger partial charge in [-0.1, -0.05) is 47.5 Å². The van der Waals surface area contributed by atoms with Crippen LogP contribution >= 0.6 is 15.9 Å². The van der Waals surface area contributed by atoms with E-state index in [1.54, 1.807) is 0 Å². The molecule has 1 nitrogen and oxygen atoms in total. The summed E-state index contributed by atoms with van der Waals surface area (Å²) in [6, 6.07) is 8.39.